The lowest BCUT2D eigenvalue weighted by Crippen LogP contribution is -2.23. The molecule has 0 aliphatic heterocycles. The van der Waals surface area contributed by atoms with E-state index in [4.69, 9.17) is 0 Å². The summed E-state index contributed by atoms with van der Waals surface area (Å²) >= 11 is 1.50. The van der Waals surface area contributed by atoms with Crippen molar-refractivity contribution in [2.45, 2.75) is 19.5 Å². The first kappa shape index (κ1) is 19.5. The van der Waals surface area contributed by atoms with Gasteiger partial charge in [-0.05, 0) is 31.2 Å². The van der Waals surface area contributed by atoms with Gasteiger partial charge in [0.25, 0.3) is 11.6 Å². The average Bonchev–Trinajstić information content (AvgIpc) is 3.34. The van der Waals surface area contributed by atoms with E-state index in [-0.39, 0.29) is 23.8 Å². The van der Waals surface area contributed by atoms with Crippen molar-refractivity contribution in [2.24, 2.45) is 0 Å². The zero-order valence-electron chi connectivity index (χ0n) is 16.0. The van der Waals surface area contributed by atoms with Gasteiger partial charge in [-0.3, -0.25) is 24.3 Å². The van der Waals surface area contributed by atoms with Gasteiger partial charge in [-0.15, -0.1) is 11.3 Å². The lowest BCUT2D eigenvalue weighted by atomic mass is 10.1. The fraction of sp³-hybridized carbons (Fsp3) is 0.150. The topological polar surface area (TPSA) is 114 Å². The Hall–Kier alpha value is -3.79. The third kappa shape index (κ3) is 4.13. The number of pyridine rings is 1. The summed E-state index contributed by atoms with van der Waals surface area (Å²) in [5.41, 5.74) is 1.83. The van der Waals surface area contributed by atoms with Crippen molar-refractivity contribution >= 4 is 33.6 Å². The molecule has 4 aromatic rings. The van der Waals surface area contributed by atoms with Gasteiger partial charge < -0.3 is 10.6 Å². The van der Waals surface area contributed by atoms with Gasteiger partial charge >= 0.3 is 0 Å². The molecule has 0 saturated carbocycles. The fourth-order valence-corrected chi connectivity index (χ4v) is 3.74. The molecule has 0 spiro atoms. The number of benzene rings is 1. The zero-order valence-corrected chi connectivity index (χ0v) is 16.8. The molecular formula is C20H18N6O3S. The number of nitrogens with one attached hydrogen (secondary N) is 2. The van der Waals surface area contributed by atoms with Gasteiger partial charge in [-0.25, -0.2) is 4.98 Å². The average molecular weight is 422 g/mol. The van der Waals surface area contributed by atoms with Gasteiger partial charge in [0, 0.05) is 35.6 Å². The van der Waals surface area contributed by atoms with E-state index >= 15 is 0 Å². The highest BCUT2D eigenvalue weighted by molar-refractivity contribution is 7.15. The number of imidazole rings is 1. The summed E-state index contributed by atoms with van der Waals surface area (Å²) in [7, 11) is 0. The van der Waals surface area contributed by atoms with Crippen molar-refractivity contribution in [3.05, 3.63) is 87.4 Å². The molecule has 2 N–H and O–H groups in total. The van der Waals surface area contributed by atoms with E-state index in [1.54, 1.807) is 24.4 Å². The second kappa shape index (κ2) is 8.29. The minimum atomic E-state index is -0.506. The number of carbonyl (C=O) groups is 1. The number of anilines is 1. The van der Waals surface area contributed by atoms with Crippen molar-refractivity contribution < 1.29 is 9.72 Å². The summed E-state index contributed by atoms with van der Waals surface area (Å²) in [5, 5.41) is 19.3. The molecular weight excluding hydrogens is 404 g/mol. The van der Waals surface area contributed by atoms with Crippen molar-refractivity contribution in [3.8, 4) is 0 Å². The Morgan fingerprint density at radius 2 is 2.20 bits per heavy atom. The summed E-state index contributed by atoms with van der Waals surface area (Å²) < 4.78 is 1.88. The maximum atomic E-state index is 12.5. The van der Waals surface area contributed by atoms with Crippen LogP contribution >= 0.6 is 11.3 Å². The van der Waals surface area contributed by atoms with Crippen LogP contribution in [0.4, 0.5) is 11.4 Å². The zero-order chi connectivity index (χ0) is 21.1. The van der Waals surface area contributed by atoms with E-state index < -0.39 is 10.8 Å². The molecule has 4 rings (SSSR count). The first-order valence-electron chi connectivity index (χ1n) is 9.16. The molecule has 0 fully saturated rings. The van der Waals surface area contributed by atoms with E-state index in [2.05, 4.69) is 20.6 Å². The van der Waals surface area contributed by atoms with Crippen LogP contribution in [0.1, 0.15) is 34.7 Å². The summed E-state index contributed by atoms with van der Waals surface area (Å²) in [6.07, 6.45) is 5.39. The Kier molecular flexibility index (Phi) is 5.40. The number of aromatic nitrogens is 3. The SMILES string of the molecule is CC(Nc1ccc(C(=O)NCc2cn3ccsc3n2)cc1[N+](=O)[O-])c1ccccn1. The molecule has 10 heteroatoms. The number of nitro groups is 1. The number of rotatable bonds is 7. The van der Waals surface area contributed by atoms with E-state index in [1.165, 1.54) is 17.4 Å². The normalized spacial score (nSPS) is 11.9. The maximum absolute atomic E-state index is 12.5. The van der Waals surface area contributed by atoms with Crippen LogP contribution in [0.2, 0.25) is 0 Å². The standard InChI is InChI=1S/C20H18N6O3S/c1-13(16-4-2-3-7-21-16)23-17-6-5-14(10-18(17)26(28)29)19(27)22-11-15-12-25-8-9-30-20(25)24-15/h2-10,12-13,23H,11H2,1H3,(H,22,27). The molecule has 1 unspecified atom stereocenters. The largest absolute Gasteiger partial charge is 0.371 e. The highest BCUT2D eigenvalue weighted by atomic mass is 32.1. The molecule has 0 aliphatic carbocycles. The van der Waals surface area contributed by atoms with E-state index in [1.807, 2.05) is 41.2 Å². The summed E-state index contributed by atoms with van der Waals surface area (Å²) in [5.74, 6) is -0.404. The smallest absolute Gasteiger partial charge is 0.293 e. The van der Waals surface area contributed by atoms with Crippen LogP contribution in [0.5, 0.6) is 0 Å². The Balaban J connectivity index is 1.48. The van der Waals surface area contributed by atoms with Crippen LogP contribution < -0.4 is 10.6 Å². The van der Waals surface area contributed by atoms with Crippen LogP contribution in [0.15, 0.2) is 60.4 Å². The number of nitrogens with zero attached hydrogens (tertiary/aromatic N) is 4. The predicted octanol–water partition coefficient (Wildman–Crippen LogP) is 3.80. The van der Waals surface area contributed by atoms with Gasteiger partial charge in [0.1, 0.15) is 5.69 Å². The van der Waals surface area contributed by atoms with Crippen LogP contribution in [0.25, 0.3) is 4.96 Å². The number of hydrogen-bond acceptors (Lipinski definition) is 7. The number of nitro benzene ring substituents is 1. The highest BCUT2D eigenvalue weighted by Gasteiger charge is 2.20. The number of fused-ring (bicyclic) bond motifs is 1. The van der Waals surface area contributed by atoms with E-state index in [0.717, 1.165) is 10.7 Å². The molecule has 0 radical (unpaired) electrons. The quantitative estimate of drug-likeness (QED) is 0.346. The molecule has 152 valence electrons. The molecule has 1 amide bonds. The molecule has 0 aliphatic rings. The lowest BCUT2D eigenvalue weighted by Gasteiger charge is -2.15. The van der Waals surface area contributed by atoms with E-state index in [0.29, 0.717) is 11.4 Å². The summed E-state index contributed by atoms with van der Waals surface area (Å²) in [4.78, 5) is 33.1. The molecule has 0 bridgehead atoms. The number of carbonyl (C=O) groups excluding carboxylic acids is 1. The van der Waals surface area contributed by atoms with Crippen molar-refractivity contribution in [1.82, 2.24) is 19.7 Å². The number of amides is 1. The van der Waals surface area contributed by atoms with Crippen LogP contribution in [0, 0.1) is 10.1 Å². The summed E-state index contributed by atoms with van der Waals surface area (Å²) in [6, 6.07) is 9.63. The Bertz CT molecular complexity index is 1180. The Labute approximate surface area is 175 Å². The predicted molar refractivity (Wildman–Crippen MR) is 114 cm³/mol. The molecule has 1 atom stereocenters. The van der Waals surface area contributed by atoms with Crippen molar-refractivity contribution in [3.63, 3.8) is 0 Å². The van der Waals surface area contributed by atoms with Gasteiger partial charge in [0.05, 0.1) is 28.9 Å². The van der Waals surface area contributed by atoms with Crippen molar-refractivity contribution in [2.75, 3.05) is 5.32 Å². The second-order valence-electron chi connectivity index (χ2n) is 6.62. The molecule has 0 saturated heterocycles. The van der Waals surface area contributed by atoms with Gasteiger partial charge in [0.2, 0.25) is 0 Å². The Morgan fingerprint density at radius 3 is 2.93 bits per heavy atom. The van der Waals surface area contributed by atoms with Crippen molar-refractivity contribution in [1.29, 1.82) is 0 Å². The molecule has 9 nitrogen and oxygen atoms in total. The van der Waals surface area contributed by atoms with Crippen LogP contribution in [-0.2, 0) is 6.54 Å². The number of hydrogen-bond donors (Lipinski definition) is 2. The molecule has 3 heterocycles. The number of thiazole rings is 1. The maximum Gasteiger partial charge on any atom is 0.293 e. The molecule has 1 aromatic carbocycles. The first-order valence-corrected chi connectivity index (χ1v) is 10.0. The third-order valence-electron chi connectivity index (χ3n) is 4.53. The fourth-order valence-electron chi connectivity index (χ4n) is 3.02. The van der Waals surface area contributed by atoms with Gasteiger partial charge in [-0.1, -0.05) is 6.07 Å². The minimum absolute atomic E-state index is 0.173. The Morgan fingerprint density at radius 1 is 1.33 bits per heavy atom. The second-order valence-corrected chi connectivity index (χ2v) is 7.49. The molecule has 30 heavy (non-hydrogen) atoms. The van der Waals surface area contributed by atoms with Crippen LogP contribution in [0.3, 0.4) is 0 Å². The molecule has 3 aromatic heterocycles. The monoisotopic (exact) mass is 422 g/mol. The van der Waals surface area contributed by atoms with Gasteiger partial charge in [-0.2, -0.15) is 0 Å². The van der Waals surface area contributed by atoms with Gasteiger partial charge in [0.15, 0.2) is 4.96 Å². The lowest BCUT2D eigenvalue weighted by molar-refractivity contribution is -0.384. The highest BCUT2D eigenvalue weighted by Crippen LogP contribution is 2.29. The summed E-state index contributed by atoms with van der Waals surface area (Å²) in [6.45, 7) is 2.10. The third-order valence-corrected chi connectivity index (χ3v) is 5.30. The first-order chi connectivity index (χ1) is 14.5. The van der Waals surface area contributed by atoms with E-state index in [9.17, 15) is 14.9 Å². The van der Waals surface area contributed by atoms with Crippen LogP contribution in [-0.4, -0.2) is 25.2 Å². The minimum Gasteiger partial charge on any atom is -0.371 e.